The molecule has 218 valence electrons. The van der Waals surface area contributed by atoms with Gasteiger partial charge in [0.1, 0.15) is 22.2 Å². The molecule has 0 radical (unpaired) electrons. The first-order chi connectivity index (χ1) is 19.8. The fourth-order valence-corrected chi connectivity index (χ4v) is 6.04. The predicted octanol–water partition coefficient (Wildman–Crippen LogP) is 4.51. The van der Waals surface area contributed by atoms with Gasteiger partial charge in [0, 0.05) is 24.9 Å². The molecule has 0 bridgehead atoms. The van der Waals surface area contributed by atoms with E-state index in [9.17, 15) is 18.8 Å². The minimum Gasteiger partial charge on any atom is -0.464 e. The van der Waals surface area contributed by atoms with E-state index in [4.69, 9.17) is 14.9 Å². The van der Waals surface area contributed by atoms with Crippen LogP contribution in [0.15, 0.2) is 40.8 Å². The van der Waals surface area contributed by atoms with E-state index in [1.54, 1.807) is 19.1 Å². The summed E-state index contributed by atoms with van der Waals surface area (Å²) in [4.78, 5) is 42.2. The van der Waals surface area contributed by atoms with Gasteiger partial charge in [0.15, 0.2) is 11.7 Å². The summed E-state index contributed by atoms with van der Waals surface area (Å²) in [6.45, 7) is 2.62. The molecule has 0 spiro atoms. The predicted molar refractivity (Wildman–Crippen MR) is 152 cm³/mol. The Labute approximate surface area is 241 Å². The molecule has 1 aliphatic carbocycles. The van der Waals surface area contributed by atoms with Crippen molar-refractivity contribution in [3.63, 3.8) is 0 Å². The number of nitrogens with zero attached hydrogens (tertiary/aromatic N) is 2. The monoisotopic (exact) mass is 583 g/mol. The molecule has 1 saturated heterocycles. The number of nitrogens with two attached hydrogens (primary N) is 1. The van der Waals surface area contributed by atoms with Crippen molar-refractivity contribution >= 4 is 40.6 Å². The van der Waals surface area contributed by atoms with Crippen LogP contribution in [0.25, 0.3) is 0 Å². The molecule has 0 unspecified atom stereocenters. The van der Waals surface area contributed by atoms with Crippen molar-refractivity contribution in [3.05, 3.63) is 64.3 Å². The number of carbonyl (C=O) groups is 3. The van der Waals surface area contributed by atoms with Crippen LogP contribution in [0.4, 0.5) is 15.8 Å². The van der Waals surface area contributed by atoms with Gasteiger partial charge < -0.3 is 25.5 Å². The van der Waals surface area contributed by atoms with Crippen LogP contribution in [0, 0.1) is 12.7 Å². The van der Waals surface area contributed by atoms with Crippen LogP contribution in [0.2, 0.25) is 0 Å². The fraction of sp³-hybridized carbons (Fsp3) is 0.448. The maximum absolute atomic E-state index is 14.2. The number of aromatic nitrogens is 1. The SMILES string of the molecule is Cc1ccc([C@H](C(=O)NC[C@H]2CCCO2)N(C(=O)c2snc(C(=O)NC3CCCCC3)c2N)c2ccc(F)cc2)o1. The average molecular weight is 584 g/mol. The number of rotatable bonds is 9. The summed E-state index contributed by atoms with van der Waals surface area (Å²) < 4.78 is 29.6. The Morgan fingerprint density at radius 1 is 1.10 bits per heavy atom. The van der Waals surface area contributed by atoms with Crippen LogP contribution in [-0.4, -0.2) is 47.4 Å². The van der Waals surface area contributed by atoms with Crippen molar-refractivity contribution < 1.29 is 27.9 Å². The highest BCUT2D eigenvalue weighted by Gasteiger charge is 2.38. The zero-order valence-electron chi connectivity index (χ0n) is 22.9. The number of nitrogen functional groups attached to an aromatic ring is 1. The van der Waals surface area contributed by atoms with Gasteiger partial charge in [-0.05, 0) is 80.5 Å². The molecule has 2 atom stereocenters. The molecule has 2 aromatic heterocycles. The van der Waals surface area contributed by atoms with Crippen molar-refractivity contribution in [2.45, 2.75) is 70.1 Å². The van der Waals surface area contributed by atoms with Gasteiger partial charge >= 0.3 is 0 Å². The fourth-order valence-electron chi connectivity index (χ4n) is 5.30. The Kier molecular flexibility index (Phi) is 8.99. The van der Waals surface area contributed by atoms with E-state index in [1.165, 1.54) is 29.2 Å². The van der Waals surface area contributed by atoms with Crippen LogP contribution in [0.5, 0.6) is 0 Å². The molecule has 1 aromatic carbocycles. The van der Waals surface area contributed by atoms with Crippen LogP contribution < -0.4 is 21.3 Å². The van der Waals surface area contributed by atoms with Crippen LogP contribution >= 0.6 is 11.5 Å². The molecular weight excluding hydrogens is 549 g/mol. The lowest BCUT2D eigenvalue weighted by Crippen LogP contribution is -2.45. The lowest BCUT2D eigenvalue weighted by Gasteiger charge is -2.30. The number of hydrogen-bond acceptors (Lipinski definition) is 8. The van der Waals surface area contributed by atoms with Gasteiger partial charge in [-0.1, -0.05) is 19.3 Å². The van der Waals surface area contributed by atoms with Gasteiger partial charge in [0.05, 0.1) is 11.8 Å². The van der Waals surface area contributed by atoms with Crippen LogP contribution in [0.1, 0.15) is 82.7 Å². The maximum Gasteiger partial charge on any atom is 0.273 e. The molecule has 41 heavy (non-hydrogen) atoms. The number of anilines is 2. The Morgan fingerprint density at radius 2 is 1.85 bits per heavy atom. The molecule has 1 saturated carbocycles. The molecule has 4 N–H and O–H groups in total. The smallest absolute Gasteiger partial charge is 0.273 e. The van der Waals surface area contributed by atoms with Gasteiger partial charge in [-0.15, -0.1) is 0 Å². The highest BCUT2D eigenvalue weighted by molar-refractivity contribution is 7.09. The first-order valence-corrected chi connectivity index (χ1v) is 14.7. The second-order valence-corrected chi connectivity index (χ2v) is 11.2. The second kappa shape index (κ2) is 12.8. The molecule has 3 aromatic rings. The summed E-state index contributed by atoms with van der Waals surface area (Å²) >= 11 is 0.781. The average Bonchev–Trinajstić information content (AvgIpc) is 3.73. The third kappa shape index (κ3) is 6.59. The lowest BCUT2D eigenvalue weighted by atomic mass is 9.95. The van der Waals surface area contributed by atoms with E-state index < -0.39 is 29.6 Å². The number of nitrogens with one attached hydrogen (secondary N) is 2. The summed E-state index contributed by atoms with van der Waals surface area (Å²) in [6.07, 6.45) is 6.57. The van der Waals surface area contributed by atoms with E-state index in [-0.39, 0.29) is 46.4 Å². The third-order valence-electron chi connectivity index (χ3n) is 7.47. The van der Waals surface area contributed by atoms with E-state index >= 15 is 0 Å². The summed E-state index contributed by atoms with van der Waals surface area (Å²) in [5, 5.41) is 5.86. The molecule has 12 heteroatoms. The van der Waals surface area contributed by atoms with Crippen LogP contribution in [-0.2, 0) is 9.53 Å². The summed E-state index contributed by atoms with van der Waals surface area (Å²) in [7, 11) is 0. The Hall–Kier alpha value is -3.77. The first kappa shape index (κ1) is 28.7. The molecule has 2 fully saturated rings. The molecule has 10 nitrogen and oxygen atoms in total. The minimum atomic E-state index is -1.26. The van der Waals surface area contributed by atoms with Crippen molar-refractivity contribution in [3.8, 4) is 0 Å². The van der Waals surface area contributed by atoms with E-state index in [0.29, 0.717) is 12.4 Å². The highest BCUT2D eigenvalue weighted by Crippen LogP contribution is 2.34. The molecule has 3 heterocycles. The van der Waals surface area contributed by atoms with Crippen molar-refractivity contribution in [2.24, 2.45) is 0 Å². The topological polar surface area (TPSA) is 140 Å². The molecule has 5 rings (SSSR count). The molecule has 3 amide bonds. The second-order valence-electron chi connectivity index (χ2n) is 10.5. The van der Waals surface area contributed by atoms with E-state index in [1.807, 2.05) is 0 Å². The Balaban J connectivity index is 1.48. The van der Waals surface area contributed by atoms with Crippen molar-refractivity contribution in [1.29, 1.82) is 0 Å². The molecule has 1 aliphatic heterocycles. The van der Waals surface area contributed by atoms with Gasteiger partial charge in [0.2, 0.25) is 0 Å². The number of furan rings is 1. The van der Waals surface area contributed by atoms with Crippen molar-refractivity contribution in [2.75, 3.05) is 23.8 Å². The first-order valence-electron chi connectivity index (χ1n) is 13.9. The number of benzene rings is 1. The zero-order valence-corrected chi connectivity index (χ0v) is 23.7. The van der Waals surface area contributed by atoms with Crippen molar-refractivity contribution in [1.82, 2.24) is 15.0 Å². The number of aryl methyl sites for hydroxylation is 1. The van der Waals surface area contributed by atoms with Gasteiger partial charge in [-0.3, -0.25) is 19.3 Å². The largest absolute Gasteiger partial charge is 0.464 e. The Morgan fingerprint density at radius 3 is 2.51 bits per heavy atom. The third-order valence-corrected chi connectivity index (χ3v) is 8.32. The number of hydrogen-bond donors (Lipinski definition) is 3. The van der Waals surface area contributed by atoms with E-state index in [2.05, 4.69) is 15.0 Å². The van der Waals surface area contributed by atoms with Crippen LogP contribution in [0.3, 0.4) is 0 Å². The molecule has 2 aliphatic rings. The highest BCUT2D eigenvalue weighted by atomic mass is 32.1. The minimum absolute atomic E-state index is 0.0108. The van der Waals surface area contributed by atoms with E-state index in [0.717, 1.165) is 56.5 Å². The normalized spacial score (nSPS) is 18.1. The Bertz CT molecular complexity index is 1380. The standard InChI is InChI=1S/C29H34FN5O5S/c1-17-9-14-22(40-17)25(28(37)32-16-21-8-5-15-39-21)35(20-12-10-18(30)11-13-20)29(38)26-23(31)24(34-41-26)27(36)33-19-6-3-2-4-7-19/h9-14,19,21,25H,2-8,15-16,31H2,1H3,(H,32,37)(H,33,36)/t21-,25-/m1/s1. The van der Waals surface area contributed by atoms with Gasteiger partial charge in [0.25, 0.3) is 17.7 Å². The quantitative estimate of drug-likeness (QED) is 0.337. The molecular formula is C29H34FN5O5S. The number of carbonyl (C=O) groups excluding carboxylic acids is 3. The number of halogens is 1. The lowest BCUT2D eigenvalue weighted by molar-refractivity contribution is -0.123. The van der Waals surface area contributed by atoms with Gasteiger partial charge in [-0.25, -0.2) is 4.39 Å². The van der Waals surface area contributed by atoms with Gasteiger partial charge in [-0.2, -0.15) is 4.37 Å². The summed E-state index contributed by atoms with van der Waals surface area (Å²) in [6, 6.07) is 7.28. The summed E-state index contributed by atoms with van der Waals surface area (Å²) in [5.74, 6) is -1.37. The number of ether oxygens (including phenoxy) is 1. The number of amides is 3. The zero-order chi connectivity index (χ0) is 28.9. The maximum atomic E-state index is 14.2. The summed E-state index contributed by atoms with van der Waals surface area (Å²) in [5.41, 5.74) is 6.48.